The molecular weight excluding hydrogens is 246 g/mol. The van der Waals surface area contributed by atoms with Crippen LogP contribution >= 0.6 is 11.6 Å². The number of hydrogen-bond donors (Lipinski definition) is 0. The number of pyridine rings is 1. The first-order valence-corrected chi connectivity index (χ1v) is 6.32. The molecule has 3 heteroatoms. The number of halogens is 1. The second-order valence-electron chi connectivity index (χ2n) is 4.27. The quantitative estimate of drug-likeness (QED) is 0.779. The van der Waals surface area contributed by atoms with Crippen LogP contribution in [0.5, 0.6) is 5.75 Å². The van der Waals surface area contributed by atoms with Gasteiger partial charge < -0.3 is 4.74 Å². The maximum absolute atomic E-state index is 6.50. The van der Waals surface area contributed by atoms with Gasteiger partial charge in [-0.05, 0) is 37.1 Å². The van der Waals surface area contributed by atoms with E-state index in [-0.39, 0.29) is 5.38 Å². The Bertz CT molecular complexity index is 513. The minimum atomic E-state index is -0.0951. The number of ether oxygens (including phenoxy) is 1. The number of nitrogens with zero attached hydrogens (tertiary/aromatic N) is 1. The number of alkyl halides is 1. The molecular formula is C15H16ClNO. The molecule has 0 saturated carbocycles. The zero-order valence-corrected chi connectivity index (χ0v) is 11.3. The van der Waals surface area contributed by atoms with Gasteiger partial charge >= 0.3 is 0 Å². The molecule has 0 spiro atoms. The van der Waals surface area contributed by atoms with E-state index in [0.29, 0.717) is 0 Å². The lowest BCUT2D eigenvalue weighted by Gasteiger charge is -2.14. The molecule has 94 valence electrons. The summed E-state index contributed by atoms with van der Waals surface area (Å²) in [6.07, 6.45) is 4.34. The van der Waals surface area contributed by atoms with Crippen LogP contribution in [0.25, 0.3) is 0 Å². The molecule has 18 heavy (non-hydrogen) atoms. The minimum Gasteiger partial charge on any atom is -0.496 e. The first-order valence-electron chi connectivity index (χ1n) is 5.88. The summed E-state index contributed by atoms with van der Waals surface area (Å²) in [7, 11) is 1.67. The molecule has 2 aromatic rings. The summed E-state index contributed by atoms with van der Waals surface area (Å²) in [4.78, 5) is 4.01. The highest BCUT2D eigenvalue weighted by molar-refractivity contribution is 6.21. The van der Waals surface area contributed by atoms with Crippen LogP contribution in [0, 0.1) is 6.92 Å². The number of aromatic nitrogens is 1. The van der Waals surface area contributed by atoms with E-state index in [1.807, 2.05) is 24.3 Å². The van der Waals surface area contributed by atoms with Crippen molar-refractivity contribution in [3.05, 3.63) is 59.4 Å². The van der Waals surface area contributed by atoms with Gasteiger partial charge in [0.1, 0.15) is 5.75 Å². The van der Waals surface area contributed by atoms with Crippen molar-refractivity contribution in [3.8, 4) is 5.75 Å². The number of benzene rings is 1. The van der Waals surface area contributed by atoms with Gasteiger partial charge in [-0.25, -0.2) is 0 Å². The zero-order chi connectivity index (χ0) is 13.0. The van der Waals surface area contributed by atoms with Crippen LogP contribution in [0.3, 0.4) is 0 Å². The molecule has 2 rings (SSSR count). The molecule has 0 amide bonds. The van der Waals surface area contributed by atoms with Crippen LogP contribution in [0.2, 0.25) is 0 Å². The minimum absolute atomic E-state index is 0.0951. The molecule has 1 atom stereocenters. The van der Waals surface area contributed by atoms with Gasteiger partial charge in [-0.15, -0.1) is 11.6 Å². The highest BCUT2D eigenvalue weighted by Crippen LogP contribution is 2.32. The predicted molar refractivity (Wildman–Crippen MR) is 74.3 cm³/mol. The van der Waals surface area contributed by atoms with Crippen LogP contribution < -0.4 is 4.74 Å². The molecule has 0 radical (unpaired) electrons. The fourth-order valence-corrected chi connectivity index (χ4v) is 2.28. The van der Waals surface area contributed by atoms with E-state index in [2.05, 4.69) is 18.0 Å². The normalized spacial score (nSPS) is 12.2. The van der Waals surface area contributed by atoms with E-state index in [1.165, 1.54) is 11.1 Å². The third kappa shape index (κ3) is 3.02. The average molecular weight is 262 g/mol. The van der Waals surface area contributed by atoms with Crippen molar-refractivity contribution in [2.24, 2.45) is 0 Å². The fraction of sp³-hybridized carbons (Fsp3) is 0.267. The second-order valence-corrected chi connectivity index (χ2v) is 4.80. The SMILES string of the molecule is COc1ccc(C)cc1C(Cl)Cc1ccncc1. The van der Waals surface area contributed by atoms with Gasteiger partial charge in [0.25, 0.3) is 0 Å². The second kappa shape index (κ2) is 5.87. The number of hydrogen-bond acceptors (Lipinski definition) is 2. The van der Waals surface area contributed by atoms with E-state index in [9.17, 15) is 0 Å². The Hall–Kier alpha value is -1.54. The smallest absolute Gasteiger partial charge is 0.123 e. The van der Waals surface area contributed by atoms with Gasteiger partial charge in [0.15, 0.2) is 0 Å². The van der Waals surface area contributed by atoms with Gasteiger partial charge in [0.2, 0.25) is 0 Å². The molecule has 0 aliphatic carbocycles. The van der Waals surface area contributed by atoms with E-state index >= 15 is 0 Å². The summed E-state index contributed by atoms with van der Waals surface area (Å²) in [5.41, 5.74) is 3.40. The molecule has 1 aromatic carbocycles. The Balaban J connectivity index is 2.23. The lowest BCUT2D eigenvalue weighted by atomic mass is 10.0. The van der Waals surface area contributed by atoms with Crippen molar-refractivity contribution in [1.82, 2.24) is 4.98 Å². The first-order chi connectivity index (χ1) is 8.70. The molecule has 2 nitrogen and oxygen atoms in total. The number of methoxy groups -OCH3 is 1. The molecule has 1 aromatic heterocycles. The van der Waals surface area contributed by atoms with Crippen molar-refractivity contribution in [3.63, 3.8) is 0 Å². The molecule has 0 fully saturated rings. The summed E-state index contributed by atoms with van der Waals surface area (Å²) < 4.78 is 5.36. The Kier molecular flexibility index (Phi) is 4.21. The van der Waals surface area contributed by atoms with E-state index in [0.717, 1.165) is 17.7 Å². The third-order valence-corrected chi connectivity index (χ3v) is 3.28. The Morgan fingerprint density at radius 1 is 1.22 bits per heavy atom. The highest BCUT2D eigenvalue weighted by atomic mass is 35.5. The van der Waals surface area contributed by atoms with E-state index in [1.54, 1.807) is 19.5 Å². The van der Waals surface area contributed by atoms with Crippen LogP contribution in [0.4, 0.5) is 0 Å². The molecule has 1 unspecified atom stereocenters. The van der Waals surface area contributed by atoms with Gasteiger partial charge in [-0.2, -0.15) is 0 Å². The molecule has 0 bridgehead atoms. The van der Waals surface area contributed by atoms with Crippen molar-refractivity contribution in [1.29, 1.82) is 0 Å². The maximum atomic E-state index is 6.50. The average Bonchev–Trinajstić information content (AvgIpc) is 2.40. The van der Waals surface area contributed by atoms with Gasteiger partial charge in [0, 0.05) is 18.0 Å². The van der Waals surface area contributed by atoms with Crippen molar-refractivity contribution in [2.75, 3.05) is 7.11 Å². The standard InChI is InChI=1S/C15H16ClNO/c1-11-3-4-15(18-2)13(9-11)14(16)10-12-5-7-17-8-6-12/h3-9,14H,10H2,1-2H3. The van der Waals surface area contributed by atoms with Crippen molar-refractivity contribution < 1.29 is 4.74 Å². The Morgan fingerprint density at radius 2 is 1.94 bits per heavy atom. The van der Waals surface area contributed by atoms with Crippen molar-refractivity contribution in [2.45, 2.75) is 18.7 Å². The Labute approximate surface area is 113 Å². The van der Waals surface area contributed by atoms with Crippen molar-refractivity contribution >= 4 is 11.6 Å². The summed E-state index contributed by atoms with van der Waals surface area (Å²) >= 11 is 6.50. The van der Waals surface area contributed by atoms with Crippen LogP contribution in [-0.2, 0) is 6.42 Å². The first kappa shape index (κ1) is 12.9. The van der Waals surface area contributed by atoms with Crippen LogP contribution in [0.1, 0.15) is 22.1 Å². The third-order valence-electron chi connectivity index (χ3n) is 2.89. The number of aryl methyl sites for hydroxylation is 1. The monoisotopic (exact) mass is 261 g/mol. The van der Waals surface area contributed by atoms with Gasteiger partial charge in [-0.3, -0.25) is 4.98 Å². The molecule has 0 saturated heterocycles. The van der Waals surface area contributed by atoms with Gasteiger partial charge in [0.05, 0.1) is 12.5 Å². The van der Waals surface area contributed by atoms with E-state index < -0.39 is 0 Å². The van der Waals surface area contributed by atoms with Gasteiger partial charge in [-0.1, -0.05) is 17.7 Å². The van der Waals surface area contributed by atoms with E-state index in [4.69, 9.17) is 16.3 Å². The summed E-state index contributed by atoms with van der Waals surface area (Å²) in [6.45, 7) is 2.05. The Morgan fingerprint density at radius 3 is 2.61 bits per heavy atom. The fourth-order valence-electron chi connectivity index (χ4n) is 1.93. The largest absolute Gasteiger partial charge is 0.496 e. The topological polar surface area (TPSA) is 22.1 Å². The van der Waals surface area contributed by atoms with Crippen LogP contribution in [0.15, 0.2) is 42.7 Å². The summed E-state index contributed by atoms with van der Waals surface area (Å²) in [6, 6.07) is 10.0. The number of rotatable bonds is 4. The highest BCUT2D eigenvalue weighted by Gasteiger charge is 2.14. The molecule has 0 aliphatic heterocycles. The zero-order valence-electron chi connectivity index (χ0n) is 10.6. The summed E-state index contributed by atoms with van der Waals surface area (Å²) in [5.74, 6) is 0.842. The molecule has 1 heterocycles. The lowest BCUT2D eigenvalue weighted by Crippen LogP contribution is -2.00. The maximum Gasteiger partial charge on any atom is 0.123 e. The molecule has 0 N–H and O–H groups in total. The lowest BCUT2D eigenvalue weighted by molar-refractivity contribution is 0.409. The molecule has 0 aliphatic rings. The van der Waals surface area contributed by atoms with Crippen LogP contribution in [-0.4, -0.2) is 12.1 Å². The predicted octanol–water partition coefficient (Wildman–Crippen LogP) is 3.92. The summed E-state index contributed by atoms with van der Waals surface area (Å²) in [5, 5.41) is -0.0951.